The molecule has 3 aromatic rings. The highest BCUT2D eigenvalue weighted by atomic mass is 32.2. The molecule has 0 aliphatic carbocycles. The predicted molar refractivity (Wildman–Crippen MR) is 108 cm³/mol. The first-order valence-electron chi connectivity index (χ1n) is 8.88. The van der Waals surface area contributed by atoms with Crippen LogP contribution < -0.4 is 14.8 Å². The summed E-state index contributed by atoms with van der Waals surface area (Å²) in [7, 11) is 1.43. The molecule has 2 aromatic heterocycles. The van der Waals surface area contributed by atoms with Gasteiger partial charge in [-0.05, 0) is 24.3 Å². The molecule has 0 aliphatic rings. The molecule has 0 saturated heterocycles. The fourth-order valence-electron chi connectivity index (χ4n) is 2.42. The van der Waals surface area contributed by atoms with Crippen LogP contribution in [-0.4, -0.2) is 34.6 Å². The lowest BCUT2D eigenvalue weighted by Gasteiger charge is -2.13. The molecular formula is C20H17F3N4O3S. The molecule has 0 radical (unpaired) electrons. The highest BCUT2D eigenvalue weighted by Crippen LogP contribution is 2.31. The quantitative estimate of drug-likeness (QED) is 0.406. The van der Waals surface area contributed by atoms with Gasteiger partial charge in [0.15, 0.2) is 23.3 Å². The summed E-state index contributed by atoms with van der Waals surface area (Å²) >= 11 is 1.37. The third-order valence-corrected chi connectivity index (χ3v) is 4.74. The number of thioether (sulfide) groups is 1. The molecule has 0 aliphatic heterocycles. The Hall–Kier alpha value is -3.34. The van der Waals surface area contributed by atoms with Crippen molar-refractivity contribution < 1.29 is 27.4 Å². The molecule has 7 nitrogen and oxygen atoms in total. The van der Waals surface area contributed by atoms with Gasteiger partial charge < -0.3 is 14.8 Å². The van der Waals surface area contributed by atoms with Crippen molar-refractivity contribution in [3.05, 3.63) is 66.2 Å². The van der Waals surface area contributed by atoms with Crippen molar-refractivity contribution in [3.8, 4) is 11.5 Å². The van der Waals surface area contributed by atoms with Crippen LogP contribution in [-0.2, 0) is 16.7 Å². The lowest BCUT2D eigenvalue weighted by molar-refractivity contribution is -0.137. The van der Waals surface area contributed by atoms with E-state index in [1.54, 1.807) is 24.5 Å². The average molecular weight is 450 g/mol. The maximum Gasteiger partial charge on any atom is 0.416 e. The van der Waals surface area contributed by atoms with Crippen LogP contribution in [0.2, 0.25) is 0 Å². The van der Waals surface area contributed by atoms with Gasteiger partial charge in [-0.1, -0.05) is 17.8 Å². The standard InChI is InChI=1S/C20H17F3N4O3S/c1-29-17-10-26-15(12-31-19-24-6-3-7-25-19)9-16(17)30-11-18(28)27-14-5-2-4-13(8-14)20(21,22)23/h2-10H,11-12H2,1H3,(H,27,28). The zero-order chi connectivity index (χ0) is 22.3. The van der Waals surface area contributed by atoms with E-state index in [9.17, 15) is 18.0 Å². The summed E-state index contributed by atoms with van der Waals surface area (Å²) in [6.45, 7) is -0.426. The number of halogens is 3. The molecule has 0 atom stereocenters. The first-order chi connectivity index (χ1) is 14.8. The zero-order valence-electron chi connectivity index (χ0n) is 16.2. The van der Waals surface area contributed by atoms with E-state index >= 15 is 0 Å². The highest BCUT2D eigenvalue weighted by molar-refractivity contribution is 7.98. The van der Waals surface area contributed by atoms with Crippen molar-refractivity contribution in [1.29, 1.82) is 0 Å². The van der Waals surface area contributed by atoms with E-state index in [0.29, 0.717) is 22.4 Å². The summed E-state index contributed by atoms with van der Waals surface area (Å²) in [5.41, 5.74) is -0.192. The molecule has 1 amide bonds. The number of hydrogen-bond donors (Lipinski definition) is 1. The number of benzene rings is 1. The number of nitrogens with zero attached hydrogens (tertiary/aromatic N) is 3. The van der Waals surface area contributed by atoms with Gasteiger partial charge in [0.2, 0.25) is 0 Å². The Kier molecular flexibility index (Phi) is 7.29. The Bertz CT molecular complexity index is 1040. The van der Waals surface area contributed by atoms with Crippen LogP contribution in [0.5, 0.6) is 11.5 Å². The SMILES string of the molecule is COc1cnc(CSc2ncccn2)cc1OCC(=O)Nc1cccc(C(F)(F)F)c1. The topological polar surface area (TPSA) is 86.2 Å². The molecule has 1 N–H and O–H groups in total. The number of hydrogen-bond acceptors (Lipinski definition) is 7. The van der Waals surface area contributed by atoms with Gasteiger partial charge in [-0.2, -0.15) is 13.2 Å². The van der Waals surface area contributed by atoms with Crippen LogP contribution in [0.25, 0.3) is 0 Å². The van der Waals surface area contributed by atoms with Crippen LogP contribution in [0.15, 0.2) is 60.1 Å². The Balaban J connectivity index is 1.61. The Morgan fingerprint density at radius 1 is 1.10 bits per heavy atom. The maximum atomic E-state index is 12.8. The van der Waals surface area contributed by atoms with Crippen molar-refractivity contribution >= 4 is 23.4 Å². The molecular weight excluding hydrogens is 433 g/mol. The van der Waals surface area contributed by atoms with Gasteiger partial charge in [0.25, 0.3) is 5.91 Å². The van der Waals surface area contributed by atoms with E-state index in [4.69, 9.17) is 9.47 Å². The minimum absolute atomic E-state index is 0.0186. The molecule has 0 bridgehead atoms. The number of alkyl halides is 3. The van der Waals surface area contributed by atoms with Crippen molar-refractivity contribution in [1.82, 2.24) is 15.0 Å². The normalized spacial score (nSPS) is 11.1. The monoisotopic (exact) mass is 450 g/mol. The molecule has 0 spiro atoms. The van der Waals surface area contributed by atoms with Gasteiger partial charge >= 0.3 is 6.18 Å². The largest absolute Gasteiger partial charge is 0.491 e. The fraction of sp³-hybridized carbons (Fsp3) is 0.200. The Labute approximate surface area is 180 Å². The van der Waals surface area contributed by atoms with E-state index < -0.39 is 24.3 Å². The summed E-state index contributed by atoms with van der Waals surface area (Å²) in [6.07, 6.45) is 0.227. The van der Waals surface area contributed by atoms with Crippen molar-refractivity contribution in [2.75, 3.05) is 19.0 Å². The van der Waals surface area contributed by atoms with E-state index in [-0.39, 0.29) is 11.4 Å². The van der Waals surface area contributed by atoms with Crippen molar-refractivity contribution in [3.63, 3.8) is 0 Å². The van der Waals surface area contributed by atoms with Crippen LogP contribution >= 0.6 is 11.8 Å². The molecule has 31 heavy (non-hydrogen) atoms. The summed E-state index contributed by atoms with van der Waals surface area (Å²) in [4.78, 5) is 24.6. The minimum Gasteiger partial charge on any atom is -0.491 e. The van der Waals surface area contributed by atoms with Crippen LogP contribution in [0, 0.1) is 0 Å². The lowest BCUT2D eigenvalue weighted by Crippen LogP contribution is -2.20. The summed E-state index contributed by atoms with van der Waals surface area (Å²) < 4.78 is 49.1. The molecule has 2 heterocycles. The molecule has 0 saturated carbocycles. The number of carbonyl (C=O) groups is 1. The highest BCUT2D eigenvalue weighted by Gasteiger charge is 2.30. The molecule has 162 valence electrons. The number of rotatable bonds is 8. The zero-order valence-corrected chi connectivity index (χ0v) is 17.0. The number of methoxy groups -OCH3 is 1. The number of carbonyl (C=O) groups excluding carboxylic acids is 1. The fourth-order valence-corrected chi connectivity index (χ4v) is 3.13. The van der Waals surface area contributed by atoms with Gasteiger partial charge in [0.05, 0.1) is 24.6 Å². The lowest BCUT2D eigenvalue weighted by atomic mass is 10.2. The van der Waals surface area contributed by atoms with Crippen LogP contribution in [0.1, 0.15) is 11.3 Å². The van der Waals surface area contributed by atoms with E-state index in [1.165, 1.54) is 37.2 Å². The van der Waals surface area contributed by atoms with Gasteiger partial charge in [-0.3, -0.25) is 9.78 Å². The predicted octanol–water partition coefficient (Wildman–Crippen LogP) is 4.21. The van der Waals surface area contributed by atoms with Gasteiger partial charge in [-0.15, -0.1) is 0 Å². The smallest absolute Gasteiger partial charge is 0.416 e. The Morgan fingerprint density at radius 2 is 1.87 bits per heavy atom. The summed E-state index contributed by atoms with van der Waals surface area (Å²) in [5, 5.41) is 2.97. The second-order valence-corrected chi connectivity index (χ2v) is 7.00. The Morgan fingerprint density at radius 3 is 2.58 bits per heavy atom. The average Bonchev–Trinajstić information content (AvgIpc) is 2.76. The third-order valence-electron chi connectivity index (χ3n) is 3.83. The second-order valence-electron chi connectivity index (χ2n) is 6.06. The third kappa shape index (κ3) is 6.57. The molecule has 1 aromatic carbocycles. The van der Waals surface area contributed by atoms with Gasteiger partial charge in [-0.25, -0.2) is 9.97 Å². The number of pyridine rings is 1. The van der Waals surface area contributed by atoms with Crippen LogP contribution in [0.3, 0.4) is 0 Å². The number of nitrogens with one attached hydrogen (secondary N) is 1. The van der Waals surface area contributed by atoms with Crippen molar-refractivity contribution in [2.24, 2.45) is 0 Å². The number of aromatic nitrogens is 3. The van der Waals surface area contributed by atoms with E-state index in [0.717, 1.165) is 12.1 Å². The molecule has 0 unspecified atom stereocenters. The first kappa shape index (κ1) is 22.3. The van der Waals surface area contributed by atoms with E-state index in [2.05, 4.69) is 20.3 Å². The van der Waals surface area contributed by atoms with Crippen LogP contribution in [0.4, 0.5) is 18.9 Å². The molecule has 0 fully saturated rings. The number of ether oxygens (including phenoxy) is 2. The second kappa shape index (κ2) is 10.1. The number of anilines is 1. The van der Waals surface area contributed by atoms with Gasteiger partial charge in [0, 0.05) is 29.9 Å². The summed E-state index contributed by atoms with van der Waals surface area (Å²) in [6, 6.07) is 7.69. The summed E-state index contributed by atoms with van der Waals surface area (Å²) in [5.74, 6) is 0.436. The minimum atomic E-state index is -4.50. The van der Waals surface area contributed by atoms with E-state index in [1.807, 2.05) is 0 Å². The molecule has 3 rings (SSSR count). The van der Waals surface area contributed by atoms with Gasteiger partial charge in [0.1, 0.15) is 0 Å². The maximum absolute atomic E-state index is 12.8. The molecule has 11 heteroatoms. The number of amides is 1. The first-order valence-corrected chi connectivity index (χ1v) is 9.86. The van der Waals surface area contributed by atoms with Crippen molar-refractivity contribution in [2.45, 2.75) is 17.1 Å².